The molecule has 0 unspecified atom stereocenters. The van der Waals surface area contributed by atoms with Crippen LogP contribution in [0.3, 0.4) is 0 Å². The van der Waals surface area contributed by atoms with E-state index in [0.717, 1.165) is 38.8 Å². The van der Waals surface area contributed by atoms with Crippen molar-refractivity contribution in [3.8, 4) is 0 Å². The summed E-state index contributed by atoms with van der Waals surface area (Å²) in [6, 6.07) is 11.3. The third kappa shape index (κ3) is 3.75. The van der Waals surface area contributed by atoms with E-state index in [1.807, 2.05) is 23.1 Å². The number of hydrogen-bond donors (Lipinski definition) is 2. The number of aromatic nitrogens is 2. The third-order valence-electron chi connectivity index (χ3n) is 7.15. The molecule has 166 valence electrons. The van der Waals surface area contributed by atoms with Gasteiger partial charge in [0, 0.05) is 50.9 Å². The number of pyridine rings is 1. The molecule has 1 aromatic carbocycles. The monoisotopic (exact) mass is 434 g/mol. The molecule has 0 saturated carbocycles. The zero-order valence-electron chi connectivity index (χ0n) is 18.0. The number of nitrogens with zero attached hydrogens (tertiary/aromatic N) is 3. The lowest BCUT2D eigenvalue weighted by Crippen LogP contribution is -3.17. The number of rotatable bonds is 3. The summed E-state index contributed by atoms with van der Waals surface area (Å²) >= 11 is 0. The number of amides is 2. The van der Waals surface area contributed by atoms with Gasteiger partial charge in [0.25, 0.3) is 11.5 Å². The molecule has 2 fully saturated rings. The van der Waals surface area contributed by atoms with Crippen LogP contribution in [0.5, 0.6) is 0 Å². The molecule has 5 rings (SSSR count). The van der Waals surface area contributed by atoms with Crippen molar-refractivity contribution in [2.45, 2.75) is 31.7 Å². The van der Waals surface area contributed by atoms with Gasteiger partial charge in [0.2, 0.25) is 5.91 Å². The summed E-state index contributed by atoms with van der Waals surface area (Å²) in [6.45, 7) is 3.35. The Morgan fingerprint density at radius 3 is 2.44 bits per heavy atom. The van der Waals surface area contributed by atoms with E-state index < -0.39 is 0 Å². The predicted octanol–water partition coefficient (Wildman–Crippen LogP) is 0.233. The normalized spacial score (nSPS) is 22.3. The van der Waals surface area contributed by atoms with E-state index in [0.29, 0.717) is 41.2 Å². The molecule has 2 amide bonds. The van der Waals surface area contributed by atoms with Gasteiger partial charge in [-0.2, -0.15) is 0 Å². The van der Waals surface area contributed by atoms with Crippen molar-refractivity contribution in [1.29, 1.82) is 0 Å². The second kappa shape index (κ2) is 8.35. The Kier molecular flexibility index (Phi) is 5.38. The van der Waals surface area contributed by atoms with Gasteiger partial charge < -0.3 is 15.5 Å². The highest BCUT2D eigenvalue weighted by molar-refractivity contribution is 5.94. The van der Waals surface area contributed by atoms with Crippen LogP contribution >= 0.6 is 0 Å². The number of piperidine rings is 2. The van der Waals surface area contributed by atoms with Gasteiger partial charge in [-0.05, 0) is 24.3 Å². The first-order valence-electron chi connectivity index (χ1n) is 11.4. The highest BCUT2D eigenvalue weighted by Gasteiger charge is 2.34. The minimum atomic E-state index is -0.179. The fourth-order valence-electron chi connectivity index (χ4n) is 5.23. The first-order valence-corrected chi connectivity index (χ1v) is 11.4. The smallest absolute Gasteiger partial charge is 0.265 e. The van der Waals surface area contributed by atoms with E-state index in [9.17, 15) is 14.4 Å². The molecule has 0 bridgehead atoms. The minimum Gasteiger partial charge on any atom is -0.369 e. The molecule has 8 heteroatoms. The summed E-state index contributed by atoms with van der Waals surface area (Å²) in [5.41, 5.74) is 6.98. The first kappa shape index (κ1) is 20.6. The molecular formula is C24H28N5O3+. The predicted molar refractivity (Wildman–Crippen MR) is 121 cm³/mol. The summed E-state index contributed by atoms with van der Waals surface area (Å²) in [5, 5.41) is 0.540. The van der Waals surface area contributed by atoms with Gasteiger partial charge in [0.15, 0.2) is 0 Å². The average molecular weight is 435 g/mol. The number of carbonyl (C=O) groups excluding carboxylic acids is 2. The number of nitrogens with two attached hydrogens (primary N) is 1. The Hall–Kier alpha value is -3.26. The largest absolute Gasteiger partial charge is 0.369 e. The number of benzene rings is 1. The Labute approximate surface area is 185 Å². The van der Waals surface area contributed by atoms with Crippen LogP contribution in [0, 0.1) is 5.92 Å². The van der Waals surface area contributed by atoms with E-state index in [4.69, 9.17) is 5.73 Å². The SMILES string of the molecule is NC(=O)C1CC[NH+](C2CCN(C(=O)c3ccc4nc5ccccc5c(=O)n4c3)CC2)CC1. The number of para-hydroxylation sites is 1. The van der Waals surface area contributed by atoms with Gasteiger partial charge >= 0.3 is 0 Å². The summed E-state index contributed by atoms with van der Waals surface area (Å²) in [7, 11) is 0. The van der Waals surface area contributed by atoms with Crippen LogP contribution in [0.25, 0.3) is 16.6 Å². The van der Waals surface area contributed by atoms with Crippen molar-refractivity contribution in [3.05, 3.63) is 58.5 Å². The summed E-state index contributed by atoms with van der Waals surface area (Å²) in [6.07, 6.45) is 5.23. The van der Waals surface area contributed by atoms with Crippen LogP contribution in [0.4, 0.5) is 0 Å². The molecule has 0 aliphatic carbocycles. The molecule has 2 aromatic heterocycles. The number of likely N-dealkylation sites (tertiary alicyclic amines) is 2. The van der Waals surface area contributed by atoms with Gasteiger partial charge in [-0.3, -0.25) is 18.8 Å². The van der Waals surface area contributed by atoms with E-state index >= 15 is 0 Å². The van der Waals surface area contributed by atoms with Gasteiger partial charge in [0.1, 0.15) is 5.65 Å². The molecule has 0 spiro atoms. The van der Waals surface area contributed by atoms with Crippen LogP contribution in [0.15, 0.2) is 47.4 Å². The lowest BCUT2D eigenvalue weighted by molar-refractivity contribution is -0.932. The molecule has 8 nitrogen and oxygen atoms in total. The van der Waals surface area contributed by atoms with Gasteiger partial charge in [0.05, 0.1) is 35.6 Å². The van der Waals surface area contributed by atoms with E-state index in [-0.39, 0.29) is 23.3 Å². The number of quaternary nitrogens is 1. The fourth-order valence-corrected chi connectivity index (χ4v) is 5.23. The summed E-state index contributed by atoms with van der Waals surface area (Å²) in [5.74, 6) is -0.210. The van der Waals surface area contributed by atoms with E-state index in [1.54, 1.807) is 24.4 Å². The van der Waals surface area contributed by atoms with E-state index in [2.05, 4.69) is 4.98 Å². The van der Waals surface area contributed by atoms with Crippen LogP contribution in [0.2, 0.25) is 0 Å². The van der Waals surface area contributed by atoms with Crippen molar-refractivity contribution >= 4 is 28.4 Å². The molecule has 32 heavy (non-hydrogen) atoms. The fraction of sp³-hybridized carbons (Fsp3) is 0.417. The minimum absolute atomic E-state index is 0.0170. The van der Waals surface area contributed by atoms with Crippen molar-refractivity contribution in [3.63, 3.8) is 0 Å². The Morgan fingerprint density at radius 2 is 1.72 bits per heavy atom. The van der Waals surface area contributed by atoms with Crippen LogP contribution in [-0.4, -0.2) is 58.3 Å². The topological polar surface area (TPSA) is 102 Å². The number of fused-ring (bicyclic) bond motifs is 2. The van der Waals surface area contributed by atoms with E-state index in [1.165, 1.54) is 9.30 Å². The second-order valence-electron chi connectivity index (χ2n) is 8.98. The van der Waals surface area contributed by atoms with Crippen LogP contribution < -0.4 is 16.2 Å². The molecule has 2 aliphatic rings. The third-order valence-corrected chi connectivity index (χ3v) is 7.15. The van der Waals surface area contributed by atoms with Crippen molar-refractivity contribution < 1.29 is 14.5 Å². The summed E-state index contributed by atoms with van der Waals surface area (Å²) < 4.78 is 1.47. The standard InChI is InChI=1S/C24H27N5O3/c25-22(30)16-7-11-27(12-8-16)18-9-13-28(14-10-18)23(31)17-5-6-21-26-20-4-2-1-3-19(20)24(32)29(21)15-17/h1-6,15-16,18H,7-14H2,(H2,25,30)/p+1. The maximum Gasteiger partial charge on any atom is 0.265 e. The molecular weight excluding hydrogens is 406 g/mol. The maximum atomic E-state index is 13.2. The van der Waals surface area contributed by atoms with Crippen molar-refractivity contribution in [1.82, 2.24) is 14.3 Å². The highest BCUT2D eigenvalue weighted by atomic mass is 16.2. The van der Waals surface area contributed by atoms with Crippen molar-refractivity contribution in [2.24, 2.45) is 11.7 Å². The highest BCUT2D eigenvalue weighted by Crippen LogP contribution is 2.16. The summed E-state index contributed by atoms with van der Waals surface area (Å²) in [4.78, 5) is 45.4. The number of nitrogens with one attached hydrogen (secondary N) is 1. The van der Waals surface area contributed by atoms with Crippen LogP contribution in [-0.2, 0) is 4.79 Å². The molecule has 0 atom stereocenters. The molecule has 0 radical (unpaired) electrons. The molecule has 2 aliphatic heterocycles. The van der Waals surface area contributed by atoms with Crippen molar-refractivity contribution in [2.75, 3.05) is 26.2 Å². The van der Waals surface area contributed by atoms with Gasteiger partial charge in [-0.25, -0.2) is 4.98 Å². The lowest BCUT2D eigenvalue weighted by Gasteiger charge is -2.38. The zero-order chi connectivity index (χ0) is 22.2. The van der Waals surface area contributed by atoms with Gasteiger partial charge in [-0.15, -0.1) is 0 Å². The van der Waals surface area contributed by atoms with Crippen LogP contribution in [0.1, 0.15) is 36.0 Å². The number of hydrogen-bond acceptors (Lipinski definition) is 4. The molecule has 4 heterocycles. The Balaban J connectivity index is 1.28. The Bertz CT molecular complexity index is 1240. The van der Waals surface area contributed by atoms with Gasteiger partial charge in [-0.1, -0.05) is 12.1 Å². The molecule has 2 saturated heterocycles. The molecule has 3 N–H and O–H groups in total. The second-order valence-corrected chi connectivity index (χ2v) is 8.98. The zero-order valence-corrected chi connectivity index (χ0v) is 18.0. The number of carbonyl (C=O) groups is 2. The lowest BCUT2D eigenvalue weighted by atomic mass is 9.93. The quantitative estimate of drug-likeness (QED) is 0.576. The number of primary amides is 1. The molecule has 3 aromatic rings. The average Bonchev–Trinajstić information content (AvgIpc) is 2.84. The Morgan fingerprint density at radius 1 is 1.00 bits per heavy atom. The first-order chi connectivity index (χ1) is 15.5. The maximum absolute atomic E-state index is 13.2.